The second kappa shape index (κ2) is 5.57. The second-order valence-electron chi connectivity index (χ2n) is 4.91. The molecule has 3 rings (SSSR count). The fourth-order valence-corrected chi connectivity index (χ4v) is 4.03. The smallest absolute Gasteiger partial charge is 0.266 e. The van der Waals surface area contributed by atoms with E-state index in [2.05, 4.69) is 10.3 Å². The summed E-state index contributed by atoms with van der Waals surface area (Å²) in [6, 6.07) is 1.56. The molecule has 1 aliphatic rings. The van der Waals surface area contributed by atoms with Crippen molar-refractivity contribution in [1.82, 2.24) is 15.2 Å². The van der Waals surface area contributed by atoms with E-state index in [-0.39, 0.29) is 11.8 Å². The van der Waals surface area contributed by atoms with Crippen molar-refractivity contribution in [1.29, 1.82) is 0 Å². The van der Waals surface area contributed by atoms with Gasteiger partial charge in [0.25, 0.3) is 5.91 Å². The van der Waals surface area contributed by atoms with Gasteiger partial charge in [-0.2, -0.15) is 11.3 Å². The molecule has 1 saturated heterocycles. The van der Waals surface area contributed by atoms with Gasteiger partial charge >= 0.3 is 0 Å². The second-order valence-corrected chi connectivity index (χ2v) is 6.69. The number of thiazole rings is 1. The van der Waals surface area contributed by atoms with Crippen LogP contribution >= 0.6 is 22.7 Å². The van der Waals surface area contributed by atoms with Crippen LogP contribution in [0.2, 0.25) is 0 Å². The summed E-state index contributed by atoms with van der Waals surface area (Å²) < 4.78 is 0. The Morgan fingerprint density at radius 3 is 3.05 bits per heavy atom. The summed E-state index contributed by atoms with van der Waals surface area (Å²) in [6.45, 7) is 4.64. The Morgan fingerprint density at radius 2 is 2.33 bits per heavy atom. The lowest BCUT2D eigenvalue weighted by Gasteiger charge is -2.32. The molecule has 2 aromatic heterocycles. The molecule has 2 amide bonds. The third kappa shape index (κ3) is 2.58. The summed E-state index contributed by atoms with van der Waals surface area (Å²) in [5.41, 5.74) is 1.76. The minimum Gasteiger partial charge on any atom is -0.353 e. The number of nitrogens with one attached hydrogen (secondary N) is 1. The molecule has 0 spiro atoms. The number of amides is 2. The molecule has 0 radical (unpaired) electrons. The van der Waals surface area contributed by atoms with E-state index in [1.165, 1.54) is 11.3 Å². The molecule has 0 aliphatic carbocycles. The Labute approximate surface area is 130 Å². The molecule has 0 saturated carbocycles. The molecule has 110 valence electrons. The lowest BCUT2D eigenvalue weighted by molar-refractivity contribution is -0.127. The molecule has 1 N–H and O–H groups in total. The van der Waals surface area contributed by atoms with Crippen LogP contribution in [-0.4, -0.2) is 40.8 Å². The molecule has 0 bridgehead atoms. The van der Waals surface area contributed by atoms with Gasteiger partial charge in [-0.3, -0.25) is 9.59 Å². The van der Waals surface area contributed by atoms with Crippen LogP contribution in [0.3, 0.4) is 0 Å². The fraction of sp³-hybridized carbons (Fsp3) is 0.357. The van der Waals surface area contributed by atoms with Crippen LogP contribution in [0, 0.1) is 6.92 Å². The Kier molecular flexibility index (Phi) is 3.77. The van der Waals surface area contributed by atoms with Gasteiger partial charge < -0.3 is 10.2 Å². The van der Waals surface area contributed by atoms with Crippen LogP contribution in [0.25, 0.3) is 10.6 Å². The van der Waals surface area contributed by atoms with Gasteiger partial charge in [-0.15, -0.1) is 11.3 Å². The number of aryl methyl sites for hydroxylation is 1. The minimum atomic E-state index is -0.433. The molecule has 0 aromatic carbocycles. The predicted octanol–water partition coefficient (Wildman–Crippen LogP) is 2.14. The topological polar surface area (TPSA) is 62.3 Å². The molecule has 1 fully saturated rings. The van der Waals surface area contributed by atoms with Gasteiger partial charge in [0, 0.05) is 24.0 Å². The summed E-state index contributed by atoms with van der Waals surface area (Å²) in [4.78, 5) is 31.1. The van der Waals surface area contributed by atoms with Crippen molar-refractivity contribution in [3.63, 3.8) is 0 Å². The van der Waals surface area contributed by atoms with Gasteiger partial charge in [0.1, 0.15) is 15.9 Å². The van der Waals surface area contributed by atoms with Crippen molar-refractivity contribution in [2.45, 2.75) is 19.9 Å². The Morgan fingerprint density at radius 1 is 1.52 bits per heavy atom. The van der Waals surface area contributed by atoms with Crippen LogP contribution in [0.4, 0.5) is 0 Å². The highest BCUT2D eigenvalue weighted by atomic mass is 32.1. The van der Waals surface area contributed by atoms with Crippen molar-refractivity contribution in [2.24, 2.45) is 0 Å². The lowest BCUT2D eigenvalue weighted by atomic mass is 10.2. The van der Waals surface area contributed by atoms with E-state index in [1.54, 1.807) is 23.2 Å². The predicted molar refractivity (Wildman–Crippen MR) is 83.7 cm³/mol. The Balaban J connectivity index is 1.90. The number of carbonyl (C=O) groups excluding carboxylic acids is 2. The van der Waals surface area contributed by atoms with Gasteiger partial charge in [0.2, 0.25) is 5.91 Å². The first-order valence-corrected chi connectivity index (χ1v) is 8.42. The average molecular weight is 321 g/mol. The van der Waals surface area contributed by atoms with Crippen LogP contribution in [-0.2, 0) is 4.79 Å². The van der Waals surface area contributed by atoms with E-state index in [0.717, 1.165) is 16.3 Å². The summed E-state index contributed by atoms with van der Waals surface area (Å²) in [5, 5.41) is 7.63. The molecule has 1 unspecified atom stereocenters. The molecular formula is C14H15N3O2S2. The number of rotatable bonds is 2. The number of thiophene rings is 1. The number of piperazine rings is 1. The highest BCUT2D eigenvalue weighted by molar-refractivity contribution is 7.17. The quantitative estimate of drug-likeness (QED) is 0.922. The van der Waals surface area contributed by atoms with Crippen molar-refractivity contribution in [3.8, 4) is 10.6 Å². The standard InChI is InChI=1S/C14H15N3O2S2/c1-8-11(21-13(16-8)10-3-6-20-7-10)14(19)17-5-4-15-12(18)9(17)2/h3,6-7,9H,4-5H2,1-2H3,(H,15,18). The van der Waals surface area contributed by atoms with Crippen LogP contribution in [0.1, 0.15) is 22.3 Å². The molecule has 2 aromatic rings. The van der Waals surface area contributed by atoms with Crippen molar-refractivity contribution in [3.05, 3.63) is 27.4 Å². The molecule has 21 heavy (non-hydrogen) atoms. The molecule has 7 heteroatoms. The van der Waals surface area contributed by atoms with Crippen LogP contribution in [0.15, 0.2) is 16.8 Å². The van der Waals surface area contributed by atoms with Crippen molar-refractivity contribution in [2.75, 3.05) is 13.1 Å². The molecule has 1 aliphatic heterocycles. The highest BCUT2D eigenvalue weighted by Gasteiger charge is 2.31. The number of nitrogens with zero attached hydrogens (tertiary/aromatic N) is 2. The van der Waals surface area contributed by atoms with Crippen LogP contribution in [0.5, 0.6) is 0 Å². The summed E-state index contributed by atoms with van der Waals surface area (Å²) in [6.07, 6.45) is 0. The lowest BCUT2D eigenvalue weighted by Crippen LogP contribution is -2.55. The maximum Gasteiger partial charge on any atom is 0.266 e. The van der Waals surface area contributed by atoms with Gasteiger partial charge in [0.05, 0.1) is 5.69 Å². The third-order valence-corrected chi connectivity index (χ3v) is 5.40. The Hall–Kier alpha value is -1.73. The summed E-state index contributed by atoms with van der Waals surface area (Å²) in [7, 11) is 0. The number of carbonyl (C=O) groups is 2. The van der Waals surface area contributed by atoms with E-state index < -0.39 is 6.04 Å². The van der Waals surface area contributed by atoms with Crippen molar-refractivity contribution >= 4 is 34.5 Å². The van der Waals surface area contributed by atoms with Gasteiger partial charge in [-0.05, 0) is 25.3 Å². The number of hydrogen-bond donors (Lipinski definition) is 1. The summed E-state index contributed by atoms with van der Waals surface area (Å²) in [5.74, 6) is -0.205. The molecule has 3 heterocycles. The normalized spacial score (nSPS) is 18.7. The van der Waals surface area contributed by atoms with Crippen LogP contribution < -0.4 is 5.32 Å². The highest BCUT2D eigenvalue weighted by Crippen LogP contribution is 2.30. The van der Waals surface area contributed by atoms with E-state index in [4.69, 9.17) is 0 Å². The van der Waals surface area contributed by atoms with E-state index in [1.807, 2.05) is 23.8 Å². The maximum atomic E-state index is 12.7. The summed E-state index contributed by atoms with van der Waals surface area (Å²) >= 11 is 3.00. The first kappa shape index (κ1) is 14.2. The molecular weight excluding hydrogens is 306 g/mol. The van der Waals surface area contributed by atoms with E-state index in [0.29, 0.717) is 18.0 Å². The molecule has 5 nitrogen and oxygen atoms in total. The van der Waals surface area contributed by atoms with Gasteiger partial charge in [0.15, 0.2) is 0 Å². The first-order valence-electron chi connectivity index (χ1n) is 6.66. The minimum absolute atomic E-state index is 0.102. The average Bonchev–Trinajstić information content (AvgIpc) is 3.10. The monoisotopic (exact) mass is 321 g/mol. The zero-order chi connectivity index (χ0) is 15.0. The van der Waals surface area contributed by atoms with E-state index in [9.17, 15) is 9.59 Å². The number of hydrogen-bond acceptors (Lipinski definition) is 5. The zero-order valence-corrected chi connectivity index (χ0v) is 13.4. The molecule has 1 atom stereocenters. The fourth-order valence-electron chi connectivity index (χ4n) is 2.29. The van der Waals surface area contributed by atoms with Crippen molar-refractivity contribution < 1.29 is 9.59 Å². The van der Waals surface area contributed by atoms with Gasteiger partial charge in [-0.25, -0.2) is 4.98 Å². The third-order valence-electron chi connectivity index (χ3n) is 3.52. The van der Waals surface area contributed by atoms with Gasteiger partial charge in [-0.1, -0.05) is 0 Å². The van der Waals surface area contributed by atoms with E-state index >= 15 is 0 Å². The first-order chi connectivity index (χ1) is 10.1. The largest absolute Gasteiger partial charge is 0.353 e. The maximum absolute atomic E-state index is 12.7. The zero-order valence-electron chi connectivity index (χ0n) is 11.8. The SMILES string of the molecule is Cc1nc(-c2ccsc2)sc1C(=O)N1CCNC(=O)C1C. The Bertz CT molecular complexity index is 678. The number of aromatic nitrogens is 1.